The molecule has 0 bridgehead atoms. The fourth-order valence-corrected chi connectivity index (χ4v) is 4.35. The van der Waals surface area contributed by atoms with Crippen LogP contribution in [0.3, 0.4) is 0 Å². The minimum atomic E-state index is -3.55. The standard InChI is InChI=1S/C22H24N2O5S/c1-13(2)24-22(26)18(12-23-24)21(25)17-10-11-19(30(5,27)28)20(14(17)3)15-6-8-16(29-4)9-7-15/h6-13,26H,1-5H3. The quantitative estimate of drug-likeness (QED) is 0.600. The molecule has 0 aliphatic carbocycles. The molecule has 3 rings (SSSR count). The van der Waals surface area contributed by atoms with Crippen LogP contribution in [0.1, 0.15) is 41.4 Å². The first-order chi connectivity index (χ1) is 14.1. The predicted molar refractivity (Wildman–Crippen MR) is 114 cm³/mol. The highest BCUT2D eigenvalue weighted by atomic mass is 32.2. The Bertz CT molecular complexity index is 1210. The molecule has 0 saturated heterocycles. The Hall–Kier alpha value is -3.13. The lowest BCUT2D eigenvalue weighted by Gasteiger charge is -2.16. The van der Waals surface area contributed by atoms with E-state index < -0.39 is 15.6 Å². The molecule has 0 fully saturated rings. The summed E-state index contributed by atoms with van der Waals surface area (Å²) >= 11 is 0. The highest BCUT2D eigenvalue weighted by Gasteiger charge is 2.25. The van der Waals surface area contributed by atoms with Crippen molar-refractivity contribution in [1.82, 2.24) is 9.78 Å². The number of aromatic nitrogens is 2. The Balaban J connectivity index is 2.22. The number of hydrogen-bond donors (Lipinski definition) is 1. The molecule has 0 radical (unpaired) electrons. The van der Waals surface area contributed by atoms with Gasteiger partial charge >= 0.3 is 0 Å². The summed E-state index contributed by atoms with van der Waals surface area (Å²) in [5.74, 6) is -0.00476. The molecule has 0 amide bonds. The third-order valence-corrected chi connectivity index (χ3v) is 6.09. The molecule has 7 nitrogen and oxygen atoms in total. The van der Waals surface area contributed by atoms with Crippen molar-refractivity contribution in [1.29, 1.82) is 0 Å². The van der Waals surface area contributed by atoms with Crippen molar-refractivity contribution in [2.75, 3.05) is 13.4 Å². The number of benzene rings is 2. The van der Waals surface area contributed by atoms with E-state index in [1.807, 2.05) is 13.8 Å². The van der Waals surface area contributed by atoms with E-state index in [1.54, 1.807) is 38.3 Å². The molecule has 0 aliphatic rings. The van der Waals surface area contributed by atoms with Crippen LogP contribution in [-0.2, 0) is 9.84 Å². The SMILES string of the molecule is COc1ccc(-c2c(S(C)(=O)=O)ccc(C(=O)c3cnn(C(C)C)c3O)c2C)cc1. The van der Waals surface area contributed by atoms with Gasteiger partial charge in [0.15, 0.2) is 15.6 Å². The van der Waals surface area contributed by atoms with E-state index in [2.05, 4.69) is 5.10 Å². The van der Waals surface area contributed by atoms with E-state index in [4.69, 9.17) is 4.74 Å². The zero-order valence-electron chi connectivity index (χ0n) is 17.5. The molecule has 1 aromatic heterocycles. The third-order valence-electron chi connectivity index (χ3n) is 4.95. The molecule has 1 N–H and O–H groups in total. The van der Waals surface area contributed by atoms with Crippen molar-refractivity contribution >= 4 is 15.6 Å². The molecule has 8 heteroatoms. The highest BCUT2D eigenvalue weighted by molar-refractivity contribution is 7.90. The number of ether oxygens (including phenoxy) is 1. The zero-order valence-corrected chi connectivity index (χ0v) is 18.3. The van der Waals surface area contributed by atoms with E-state index in [0.717, 1.165) is 6.26 Å². The van der Waals surface area contributed by atoms with Crippen molar-refractivity contribution in [3.05, 3.63) is 59.3 Å². The molecule has 0 aliphatic heterocycles. The maximum absolute atomic E-state index is 13.2. The summed E-state index contributed by atoms with van der Waals surface area (Å²) in [4.78, 5) is 13.3. The lowest BCUT2D eigenvalue weighted by molar-refractivity contribution is 0.103. The normalized spacial score (nSPS) is 11.7. The summed E-state index contributed by atoms with van der Waals surface area (Å²) in [6, 6.07) is 9.75. The van der Waals surface area contributed by atoms with Gasteiger partial charge in [-0.15, -0.1) is 0 Å². The molecule has 2 aromatic carbocycles. The summed E-state index contributed by atoms with van der Waals surface area (Å²) in [5.41, 5.74) is 1.96. The second-order valence-electron chi connectivity index (χ2n) is 7.36. The Morgan fingerprint density at radius 2 is 1.73 bits per heavy atom. The molecule has 30 heavy (non-hydrogen) atoms. The second kappa shape index (κ2) is 7.95. The summed E-state index contributed by atoms with van der Waals surface area (Å²) in [6.07, 6.45) is 2.46. The molecule has 1 heterocycles. The van der Waals surface area contributed by atoms with Gasteiger partial charge in [0.05, 0.1) is 24.2 Å². The highest BCUT2D eigenvalue weighted by Crippen LogP contribution is 2.35. The van der Waals surface area contributed by atoms with Gasteiger partial charge in [0.1, 0.15) is 11.3 Å². The number of hydrogen-bond acceptors (Lipinski definition) is 6. The molecule has 0 spiro atoms. The molecular formula is C22H24N2O5S. The average molecular weight is 429 g/mol. The van der Waals surface area contributed by atoms with Crippen LogP contribution >= 0.6 is 0 Å². The van der Waals surface area contributed by atoms with Gasteiger partial charge in [0.2, 0.25) is 5.88 Å². The Labute approximate surface area is 175 Å². The van der Waals surface area contributed by atoms with Gasteiger partial charge in [0.25, 0.3) is 0 Å². The van der Waals surface area contributed by atoms with E-state index in [9.17, 15) is 18.3 Å². The average Bonchev–Trinajstić information content (AvgIpc) is 3.08. The monoisotopic (exact) mass is 428 g/mol. The number of nitrogens with zero attached hydrogens (tertiary/aromatic N) is 2. The van der Waals surface area contributed by atoms with Crippen molar-refractivity contribution in [3.8, 4) is 22.8 Å². The van der Waals surface area contributed by atoms with Crippen LogP contribution in [0, 0.1) is 6.92 Å². The van der Waals surface area contributed by atoms with Gasteiger partial charge in [-0.2, -0.15) is 5.10 Å². The molecule has 0 saturated carbocycles. The molecular weight excluding hydrogens is 404 g/mol. The molecule has 3 aromatic rings. The lowest BCUT2D eigenvalue weighted by Crippen LogP contribution is -2.09. The van der Waals surface area contributed by atoms with Gasteiger partial charge in [0, 0.05) is 17.4 Å². The van der Waals surface area contributed by atoms with Crippen molar-refractivity contribution in [2.24, 2.45) is 0 Å². The van der Waals surface area contributed by atoms with E-state index in [0.29, 0.717) is 28.0 Å². The maximum Gasteiger partial charge on any atom is 0.221 e. The van der Waals surface area contributed by atoms with E-state index >= 15 is 0 Å². The van der Waals surface area contributed by atoms with Gasteiger partial charge in [-0.1, -0.05) is 12.1 Å². The van der Waals surface area contributed by atoms with Gasteiger partial charge in [-0.3, -0.25) is 4.79 Å². The third kappa shape index (κ3) is 3.82. The van der Waals surface area contributed by atoms with Crippen molar-refractivity contribution < 1.29 is 23.1 Å². The first-order valence-corrected chi connectivity index (χ1v) is 11.2. The Kier molecular flexibility index (Phi) is 5.72. The fraction of sp³-hybridized carbons (Fsp3) is 0.273. The van der Waals surface area contributed by atoms with Crippen molar-refractivity contribution in [3.63, 3.8) is 0 Å². The van der Waals surface area contributed by atoms with E-state index in [1.165, 1.54) is 23.0 Å². The first-order valence-electron chi connectivity index (χ1n) is 9.35. The Morgan fingerprint density at radius 3 is 2.23 bits per heavy atom. The minimum absolute atomic E-state index is 0.0691. The lowest BCUT2D eigenvalue weighted by atomic mass is 9.93. The minimum Gasteiger partial charge on any atom is -0.497 e. The van der Waals surface area contributed by atoms with Crippen LogP contribution in [0.25, 0.3) is 11.1 Å². The summed E-state index contributed by atoms with van der Waals surface area (Å²) in [5, 5.41) is 14.5. The van der Waals surface area contributed by atoms with Crippen LogP contribution in [0.4, 0.5) is 0 Å². The Morgan fingerprint density at radius 1 is 1.10 bits per heavy atom. The second-order valence-corrected chi connectivity index (χ2v) is 9.35. The zero-order chi connectivity index (χ0) is 22.2. The number of methoxy groups -OCH3 is 1. The van der Waals surface area contributed by atoms with Gasteiger partial charge in [-0.05, 0) is 56.2 Å². The summed E-state index contributed by atoms with van der Waals surface area (Å²) in [7, 11) is -2.00. The summed E-state index contributed by atoms with van der Waals surface area (Å²) in [6.45, 7) is 5.38. The van der Waals surface area contributed by atoms with Crippen LogP contribution < -0.4 is 4.74 Å². The number of ketones is 1. The van der Waals surface area contributed by atoms with Crippen LogP contribution in [-0.4, -0.2) is 42.5 Å². The van der Waals surface area contributed by atoms with E-state index in [-0.39, 0.29) is 22.4 Å². The van der Waals surface area contributed by atoms with Crippen molar-refractivity contribution in [2.45, 2.75) is 31.7 Å². The van der Waals surface area contributed by atoms with Crippen LogP contribution in [0.5, 0.6) is 11.6 Å². The largest absolute Gasteiger partial charge is 0.497 e. The fourth-order valence-electron chi connectivity index (χ4n) is 3.40. The van der Waals surface area contributed by atoms with Crippen LogP contribution in [0.15, 0.2) is 47.5 Å². The van der Waals surface area contributed by atoms with Gasteiger partial charge < -0.3 is 9.84 Å². The number of rotatable bonds is 6. The smallest absolute Gasteiger partial charge is 0.221 e. The summed E-state index contributed by atoms with van der Waals surface area (Å²) < 4.78 is 31.4. The molecule has 158 valence electrons. The van der Waals surface area contributed by atoms with Gasteiger partial charge in [-0.25, -0.2) is 13.1 Å². The molecule has 0 atom stereocenters. The predicted octanol–water partition coefficient (Wildman–Crippen LogP) is 3.79. The topological polar surface area (TPSA) is 98.5 Å². The maximum atomic E-state index is 13.2. The molecule has 0 unspecified atom stereocenters. The first kappa shape index (κ1) is 21.6. The number of carbonyl (C=O) groups excluding carboxylic acids is 1. The van der Waals surface area contributed by atoms with Crippen LogP contribution in [0.2, 0.25) is 0 Å². The number of carbonyl (C=O) groups is 1. The number of sulfone groups is 1. The number of aromatic hydroxyl groups is 1.